The molecule has 3 nitrogen and oxygen atoms in total. The SMILES string of the molecule is C[C@H]1CCc2c(O)cccc2N1C(=O)C1CC1. The van der Waals surface area contributed by atoms with Gasteiger partial charge in [-0.05, 0) is 44.7 Å². The van der Waals surface area contributed by atoms with Crippen LogP contribution in [0.25, 0.3) is 0 Å². The predicted molar refractivity (Wildman–Crippen MR) is 66.1 cm³/mol. The van der Waals surface area contributed by atoms with Crippen molar-refractivity contribution < 1.29 is 9.90 Å². The van der Waals surface area contributed by atoms with Gasteiger partial charge in [0.1, 0.15) is 5.75 Å². The van der Waals surface area contributed by atoms with Gasteiger partial charge in [0.2, 0.25) is 5.91 Å². The number of hydrogen-bond acceptors (Lipinski definition) is 2. The summed E-state index contributed by atoms with van der Waals surface area (Å²) in [5, 5.41) is 9.86. The van der Waals surface area contributed by atoms with E-state index >= 15 is 0 Å². The molecule has 3 rings (SSSR count). The van der Waals surface area contributed by atoms with Crippen molar-refractivity contribution in [3.63, 3.8) is 0 Å². The Balaban J connectivity index is 2.03. The smallest absolute Gasteiger partial charge is 0.230 e. The van der Waals surface area contributed by atoms with Crippen LogP contribution in [0.15, 0.2) is 18.2 Å². The monoisotopic (exact) mass is 231 g/mol. The first kappa shape index (κ1) is 10.6. The van der Waals surface area contributed by atoms with Crippen molar-refractivity contribution in [1.82, 2.24) is 0 Å². The van der Waals surface area contributed by atoms with Crippen LogP contribution in [-0.2, 0) is 11.2 Å². The van der Waals surface area contributed by atoms with Gasteiger partial charge in [-0.15, -0.1) is 0 Å². The maximum atomic E-state index is 12.3. The molecule has 0 spiro atoms. The van der Waals surface area contributed by atoms with Crippen molar-refractivity contribution in [2.75, 3.05) is 4.90 Å². The predicted octanol–water partition coefficient (Wildman–Crippen LogP) is 2.47. The lowest BCUT2D eigenvalue weighted by Crippen LogP contribution is -2.43. The van der Waals surface area contributed by atoms with E-state index in [1.54, 1.807) is 6.07 Å². The van der Waals surface area contributed by atoms with E-state index in [1.165, 1.54) is 0 Å². The van der Waals surface area contributed by atoms with Crippen LogP contribution in [0.3, 0.4) is 0 Å². The van der Waals surface area contributed by atoms with E-state index in [-0.39, 0.29) is 17.9 Å². The quantitative estimate of drug-likeness (QED) is 0.806. The number of aromatic hydroxyl groups is 1. The normalized spacial score (nSPS) is 23.4. The van der Waals surface area contributed by atoms with Gasteiger partial charge in [-0.25, -0.2) is 0 Å². The highest BCUT2D eigenvalue weighted by molar-refractivity contribution is 5.98. The Hall–Kier alpha value is -1.51. The molecule has 3 heteroatoms. The lowest BCUT2D eigenvalue weighted by atomic mass is 9.95. The fraction of sp³-hybridized carbons (Fsp3) is 0.500. The minimum Gasteiger partial charge on any atom is -0.508 e. The van der Waals surface area contributed by atoms with E-state index < -0.39 is 0 Å². The van der Waals surface area contributed by atoms with E-state index in [4.69, 9.17) is 0 Å². The second-order valence-electron chi connectivity index (χ2n) is 5.15. The molecule has 1 heterocycles. The highest BCUT2D eigenvalue weighted by Crippen LogP contribution is 2.40. The Morgan fingerprint density at radius 3 is 2.82 bits per heavy atom. The number of rotatable bonds is 1. The van der Waals surface area contributed by atoms with Crippen molar-refractivity contribution in [3.05, 3.63) is 23.8 Å². The molecule has 1 aromatic rings. The topological polar surface area (TPSA) is 40.5 Å². The van der Waals surface area contributed by atoms with Gasteiger partial charge >= 0.3 is 0 Å². The zero-order valence-electron chi connectivity index (χ0n) is 10.0. The second-order valence-corrected chi connectivity index (χ2v) is 5.15. The van der Waals surface area contributed by atoms with Crippen molar-refractivity contribution in [2.24, 2.45) is 5.92 Å². The highest BCUT2D eigenvalue weighted by Gasteiger charge is 2.38. The third kappa shape index (κ3) is 1.70. The summed E-state index contributed by atoms with van der Waals surface area (Å²) in [6, 6.07) is 5.72. The van der Waals surface area contributed by atoms with Crippen LogP contribution in [0, 0.1) is 5.92 Å². The molecular formula is C14H17NO2. The van der Waals surface area contributed by atoms with E-state index in [0.717, 1.165) is 36.9 Å². The Labute approximate surface area is 101 Å². The molecule has 1 amide bonds. The fourth-order valence-electron chi connectivity index (χ4n) is 2.63. The number of nitrogens with zero attached hydrogens (tertiary/aromatic N) is 1. The number of phenolic OH excluding ortho intramolecular Hbond substituents is 1. The van der Waals surface area contributed by atoms with Gasteiger partial charge in [0.25, 0.3) is 0 Å². The Kier molecular flexibility index (Phi) is 2.35. The third-order valence-electron chi connectivity index (χ3n) is 3.80. The van der Waals surface area contributed by atoms with Crippen molar-refractivity contribution in [3.8, 4) is 5.75 Å². The molecule has 1 atom stereocenters. The van der Waals surface area contributed by atoms with E-state index in [9.17, 15) is 9.90 Å². The summed E-state index contributed by atoms with van der Waals surface area (Å²) < 4.78 is 0. The van der Waals surface area contributed by atoms with Gasteiger partial charge < -0.3 is 10.0 Å². The Bertz CT molecular complexity index is 465. The highest BCUT2D eigenvalue weighted by atomic mass is 16.3. The minimum absolute atomic E-state index is 0.228. The second kappa shape index (κ2) is 3.76. The summed E-state index contributed by atoms with van der Waals surface area (Å²) in [5.41, 5.74) is 1.85. The van der Waals surface area contributed by atoms with E-state index in [2.05, 4.69) is 6.92 Å². The first-order chi connectivity index (χ1) is 8.18. The number of benzene rings is 1. The average molecular weight is 231 g/mol. The van der Waals surface area contributed by atoms with E-state index in [0.29, 0.717) is 5.75 Å². The maximum absolute atomic E-state index is 12.3. The van der Waals surface area contributed by atoms with Gasteiger partial charge in [-0.3, -0.25) is 4.79 Å². The Morgan fingerprint density at radius 2 is 2.12 bits per heavy atom. The molecule has 0 saturated heterocycles. The van der Waals surface area contributed by atoms with Crippen LogP contribution in [0.1, 0.15) is 31.7 Å². The van der Waals surface area contributed by atoms with Crippen molar-refractivity contribution in [1.29, 1.82) is 0 Å². The summed E-state index contributed by atoms with van der Waals surface area (Å²) in [7, 11) is 0. The lowest BCUT2D eigenvalue weighted by Gasteiger charge is -2.35. The molecule has 0 bridgehead atoms. The minimum atomic E-state index is 0.228. The zero-order valence-corrected chi connectivity index (χ0v) is 10.0. The number of carbonyl (C=O) groups is 1. The van der Waals surface area contributed by atoms with Gasteiger partial charge in [0.05, 0.1) is 5.69 Å². The first-order valence-electron chi connectivity index (χ1n) is 6.32. The van der Waals surface area contributed by atoms with Crippen LogP contribution in [-0.4, -0.2) is 17.1 Å². The number of hydrogen-bond donors (Lipinski definition) is 1. The molecule has 90 valence electrons. The summed E-state index contributed by atoms with van der Waals surface area (Å²) >= 11 is 0. The molecule has 0 aromatic heterocycles. The van der Waals surface area contributed by atoms with E-state index in [1.807, 2.05) is 17.0 Å². The largest absolute Gasteiger partial charge is 0.508 e. The van der Waals surface area contributed by atoms with Crippen molar-refractivity contribution >= 4 is 11.6 Å². The molecule has 0 radical (unpaired) electrons. The third-order valence-corrected chi connectivity index (χ3v) is 3.80. The number of phenols is 1. The fourth-order valence-corrected chi connectivity index (χ4v) is 2.63. The van der Waals surface area contributed by atoms with Crippen LogP contribution >= 0.6 is 0 Å². The number of fused-ring (bicyclic) bond motifs is 1. The van der Waals surface area contributed by atoms with Gasteiger partial charge in [-0.2, -0.15) is 0 Å². The molecule has 17 heavy (non-hydrogen) atoms. The molecule has 1 fully saturated rings. The molecule has 1 aromatic carbocycles. The van der Waals surface area contributed by atoms with Gasteiger partial charge in [0.15, 0.2) is 0 Å². The van der Waals surface area contributed by atoms with Crippen LogP contribution < -0.4 is 4.90 Å². The molecular weight excluding hydrogens is 214 g/mol. The molecule has 0 unspecified atom stereocenters. The van der Waals surface area contributed by atoms with Crippen LogP contribution in [0.5, 0.6) is 5.75 Å². The van der Waals surface area contributed by atoms with Gasteiger partial charge in [0, 0.05) is 17.5 Å². The first-order valence-corrected chi connectivity index (χ1v) is 6.32. The molecule has 1 aliphatic heterocycles. The van der Waals surface area contributed by atoms with Crippen LogP contribution in [0.2, 0.25) is 0 Å². The number of anilines is 1. The van der Waals surface area contributed by atoms with Gasteiger partial charge in [-0.1, -0.05) is 6.07 Å². The standard InChI is InChI=1S/C14H17NO2/c1-9-5-8-11-12(3-2-4-13(11)16)15(9)14(17)10-6-7-10/h2-4,9-10,16H,5-8H2,1H3/t9-/m0/s1. The number of amides is 1. The summed E-state index contributed by atoms with van der Waals surface area (Å²) in [4.78, 5) is 14.2. The molecule has 1 N–H and O–H groups in total. The zero-order chi connectivity index (χ0) is 12.0. The maximum Gasteiger partial charge on any atom is 0.230 e. The summed E-state index contributed by atoms with van der Waals surface area (Å²) in [5.74, 6) is 0.790. The Morgan fingerprint density at radius 1 is 1.35 bits per heavy atom. The molecule has 1 saturated carbocycles. The molecule has 2 aliphatic rings. The lowest BCUT2D eigenvalue weighted by molar-refractivity contribution is -0.120. The summed E-state index contributed by atoms with van der Waals surface area (Å²) in [6.45, 7) is 2.09. The summed E-state index contributed by atoms with van der Waals surface area (Å²) in [6.07, 6.45) is 3.84. The number of carbonyl (C=O) groups excluding carboxylic acids is 1. The average Bonchev–Trinajstić information content (AvgIpc) is 3.12. The van der Waals surface area contributed by atoms with Crippen molar-refractivity contribution in [2.45, 2.75) is 38.6 Å². The van der Waals surface area contributed by atoms with Crippen LogP contribution in [0.4, 0.5) is 5.69 Å². The molecule has 1 aliphatic carbocycles.